The molecule has 3 aliphatic carbocycles. The highest BCUT2D eigenvalue weighted by Crippen LogP contribution is 2.68. The van der Waals surface area contributed by atoms with Gasteiger partial charge in [0.15, 0.2) is 0 Å². The highest BCUT2D eigenvalue weighted by molar-refractivity contribution is 6.32. The Labute approximate surface area is 192 Å². The number of phenols is 1. The number of rotatable bonds is 4. The Kier molecular flexibility index (Phi) is 5.46. The van der Waals surface area contributed by atoms with Crippen LogP contribution < -0.4 is 0 Å². The lowest BCUT2D eigenvalue weighted by atomic mass is 9.43. The minimum absolute atomic E-state index is 0.0141. The number of carbonyl (C=O) groups excluding carboxylic acids is 1. The highest BCUT2D eigenvalue weighted by atomic mass is 35.5. The number of esters is 1. The fourth-order valence-electron chi connectivity index (χ4n) is 6.54. The van der Waals surface area contributed by atoms with Crippen LogP contribution in [-0.4, -0.2) is 55.9 Å². The van der Waals surface area contributed by atoms with Gasteiger partial charge < -0.3 is 30.3 Å². The average Bonchev–Trinajstić information content (AvgIpc) is 2.95. The van der Waals surface area contributed by atoms with E-state index in [0.29, 0.717) is 12.0 Å². The Morgan fingerprint density at radius 1 is 1.22 bits per heavy atom. The molecule has 0 heterocycles. The van der Waals surface area contributed by atoms with Crippen molar-refractivity contribution in [1.82, 2.24) is 0 Å². The molecule has 8 heteroatoms. The quantitative estimate of drug-likeness (QED) is 0.340. The number of hydrogen-bond acceptors (Lipinski definition) is 7. The van der Waals surface area contributed by atoms with Crippen LogP contribution in [-0.2, 0) is 11.3 Å². The summed E-state index contributed by atoms with van der Waals surface area (Å²) in [5, 5.41) is 52.7. The van der Waals surface area contributed by atoms with Gasteiger partial charge in [0.2, 0.25) is 0 Å². The Morgan fingerprint density at radius 2 is 1.88 bits per heavy atom. The zero-order valence-electron chi connectivity index (χ0n) is 18.7. The van der Waals surface area contributed by atoms with Crippen LogP contribution in [0.15, 0.2) is 17.7 Å². The molecule has 7 nitrogen and oxygen atoms in total. The van der Waals surface area contributed by atoms with Gasteiger partial charge in [0.05, 0.1) is 24.3 Å². The third-order valence-corrected chi connectivity index (χ3v) is 8.82. The standard InChI is InChI=1S/C24H31ClO7/c1-11-17(15(28)6-13(9-26)19(11)25)21(30)32-16-8-23(4)18-12(7-22(2,3)20(18)29)5-14(10-27)24(16,23)31/h5-6,12,16,18,20,26-29,31H,7-10H2,1-4H3/t12?,16-,18?,20?,23-,24+/m1/s1. The van der Waals surface area contributed by atoms with Crippen molar-refractivity contribution in [2.45, 2.75) is 65.0 Å². The van der Waals surface area contributed by atoms with Gasteiger partial charge in [0, 0.05) is 16.9 Å². The first kappa shape index (κ1) is 23.5. The predicted molar refractivity (Wildman–Crippen MR) is 117 cm³/mol. The van der Waals surface area contributed by atoms with E-state index in [2.05, 4.69) is 0 Å². The average molecular weight is 467 g/mol. The van der Waals surface area contributed by atoms with Crippen LogP contribution in [0.4, 0.5) is 0 Å². The second-order valence-corrected chi connectivity index (χ2v) is 10.9. The number of phenolic OH excluding ortho intramolecular Hbond substituents is 1. The van der Waals surface area contributed by atoms with Crippen LogP contribution in [0.5, 0.6) is 5.75 Å². The normalized spacial score (nSPS) is 37.2. The summed E-state index contributed by atoms with van der Waals surface area (Å²) >= 11 is 6.21. The minimum atomic E-state index is -1.63. The number of aliphatic hydroxyl groups excluding tert-OH is 3. The summed E-state index contributed by atoms with van der Waals surface area (Å²) in [5.41, 5.74) is -1.92. The Balaban J connectivity index is 1.67. The SMILES string of the molecule is Cc1c(Cl)c(CO)cc(O)c1C(=O)O[C@@H]1C[C@]2(C)C3C(C=C(CO)[C@]12O)CC(C)(C)C3O. The molecule has 2 saturated carbocycles. The van der Waals surface area contributed by atoms with Crippen molar-refractivity contribution in [3.8, 4) is 5.75 Å². The van der Waals surface area contributed by atoms with Gasteiger partial charge >= 0.3 is 5.97 Å². The van der Waals surface area contributed by atoms with Gasteiger partial charge in [-0.3, -0.25) is 0 Å². The second kappa shape index (κ2) is 7.43. The molecule has 0 aliphatic heterocycles. The first-order chi connectivity index (χ1) is 14.8. The van der Waals surface area contributed by atoms with E-state index in [9.17, 15) is 30.3 Å². The van der Waals surface area contributed by atoms with Crippen LogP contribution in [0.1, 0.15) is 55.1 Å². The molecule has 3 unspecified atom stereocenters. The van der Waals surface area contributed by atoms with Crippen molar-refractivity contribution in [1.29, 1.82) is 0 Å². The fraction of sp³-hybridized carbons (Fsp3) is 0.625. The van der Waals surface area contributed by atoms with Gasteiger partial charge in [-0.2, -0.15) is 0 Å². The summed E-state index contributed by atoms with van der Waals surface area (Å²) in [6.07, 6.45) is 1.28. The molecular formula is C24H31ClO7. The number of fused-ring (bicyclic) bond motifs is 3. The predicted octanol–water partition coefficient (Wildman–Crippen LogP) is 2.47. The first-order valence-electron chi connectivity index (χ1n) is 10.9. The zero-order valence-corrected chi connectivity index (χ0v) is 19.5. The molecule has 0 radical (unpaired) electrons. The van der Waals surface area contributed by atoms with E-state index in [1.54, 1.807) is 6.92 Å². The Morgan fingerprint density at radius 3 is 2.47 bits per heavy atom. The number of aromatic hydroxyl groups is 1. The van der Waals surface area contributed by atoms with Crippen molar-refractivity contribution >= 4 is 17.6 Å². The number of aliphatic hydroxyl groups is 4. The largest absolute Gasteiger partial charge is 0.507 e. The Bertz CT molecular complexity index is 1000. The van der Waals surface area contributed by atoms with Gasteiger partial charge in [0.25, 0.3) is 0 Å². The minimum Gasteiger partial charge on any atom is -0.507 e. The van der Waals surface area contributed by atoms with Crippen molar-refractivity contribution in [2.24, 2.45) is 22.7 Å². The maximum Gasteiger partial charge on any atom is 0.342 e. The summed E-state index contributed by atoms with van der Waals surface area (Å²) in [4.78, 5) is 13.0. The van der Waals surface area contributed by atoms with E-state index < -0.39 is 35.8 Å². The molecule has 0 aromatic heterocycles. The summed E-state index contributed by atoms with van der Waals surface area (Å²) in [7, 11) is 0. The molecule has 5 N–H and O–H groups in total. The molecule has 2 fully saturated rings. The molecule has 0 spiro atoms. The molecule has 0 bridgehead atoms. The van der Waals surface area contributed by atoms with Crippen molar-refractivity contribution in [2.75, 3.05) is 6.61 Å². The number of allylic oxidation sites excluding steroid dienone is 1. The molecule has 176 valence electrons. The molecule has 1 aromatic rings. The van der Waals surface area contributed by atoms with Gasteiger partial charge in [-0.05, 0) is 48.3 Å². The van der Waals surface area contributed by atoms with Crippen LogP contribution in [0.25, 0.3) is 0 Å². The molecule has 1 aromatic carbocycles. The Hall–Kier alpha value is -1.64. The maximum atomic E-state index is 13.0. The lowest BCUT2D eigenvalue weighted by Crippen LogP contribution is -2.74. The van der Waals surface area contributed by atoms with E-state index in [1.165, 1.54) is 6.07 Å². The number of hydrogen-bond donors (Lipinski definition) is 5. The number of benzene rings is 1. The second-order valence-electron chi connectivity index (χ2n) is 10.5. The van der Waals surface area contributed by atoms with E-state index >= 15 is 0 Å². The molecule has 3 aliphatic rings. The number of halogens is 1. The smallest absolute Gasteiger partial charge is 0.342 e. The molecule has 4 rings (SSSR count). The molecule has 0 amide bonds. The van der Waals surface area contributed by atoms with Crippen LogP contribution in [0.2, 0.25) is 5.02 Å². The highest BCUT2D eigenvalue weighted by Gasteiger charge is 2.74. The van der Waals surface area contributed by atoms with Crippen LogP contribution >= 0.6 is 11.6 Å². The monoisotopic (exact) mass is 466 g/mol. The van der Waals surface area contributed by atoms with E-state index in [0.717, 1.165) is 6.42 Å². The summed E-state index contributed by atoms with van der Waals surface area (Å²) in [6, 6.07) is 1.22. The topological polar surface area (TPSA) is 127 Å². The molecular weight excluding hydrogens is 436 g/mol. The van der Waals surface area contributed by atoms with E-state index in [1.807, 2.05) is 26.8 Å². The van der Waals surface area contributed by atoms with Crippen molar-refractivity contribution in [3.63, 3.8) is 0 Å². The third kappa shape index (κ3) is 2.91. The molecule has 0 saturated heterocycles. The van der Waals surface area contributed by atoms with E-state index in [4.69, 9.17) is 16.3 Å². The first-order valence-corrected chi connectivity index (χ1v) is 11.3. The number of carbonyl (C=O) groups is 1. The third-order valence-electron chi connectivity index (χ3n) is 8.30. The summed E-state index contributed by atoms with van der Waals surface area (Å²) in [5.74, 6) is -1.44. The van der Waals surface area contributed by atoms with Gasteiger partial charge in [-0.25, -0.2) is 4.79 Å². The molecule has 6 atom stereocenters. The lowest BCUT2D eigenvalue weighted by Gasteiger charge is -2.65. The number of ether oxygens (including phenoxy) is 1. The molecule has 32 heavy (non-hydrogen) atoms. The lowest BCUT2D eigenvalue weighted by molar-refractivity contribution is -0.260. The van der Waals surface area contributed by atoms with Gasteiger partial charge in [0.1, 0.15) is 23.0 Å². The summed E-state index contributed by atoms with van der Waals surface area (Å²) in [6.45, 7) is 6.62. The van der Waals surface area contributed by atoms with E-state index in [-0.39, 0.29) is 51.3 Å². The van der Waals surface area contributed by atoms with Gasteiger partial charge in [-0.15, -0.1) is 0 Å². The zero-order chi connectivity index (χ0) is 23.8. The van der Waals surface area contributed by atoms with Crippen molar-refractivity contribution < 1.29 is 35.1 Å². The summed E-state index contributed by atoms with van der Waals surface area (Å²) < 4.78 is 5.66. The van der Waals surface area contributed by atoms with Crippen molar-refractivity contribution in [3.05, 3.63) is 39.4 Å². The fourth-order valence-corrected chi connectivity index (χ4v) is 6.75. The maximum absolute atomic E-state index is 13.0. The van der Waals surface area contributed by atoms with Crippen LogP contribution in [0.3, 0.4) is 0 Å². The van der Waals surface area contributed by atoms with Gasteiger partial charge in [-0.1, -0.05) is 38.4 Å². The van der Waals surface area contributed by atoms with Crippen LogP contribution in [0, 0.1) is 29.6 Å².